The summed E-state index contributed by atoms with van der Waals surface area (Å²) in [5.41, 5.74) is 6.43. The Morgan fingerprint density at radius 2 is 1.02 bits per heavy atom. The van der Waals surface area contributed by atoms with Gasteiger partial charge in [0.15, 0.2) is 0 Å². The van der Waals surface area contributed by atoms with Crippen molar-refractivity contribution in [2.24, 2.45) is 0 Å². The molecule has 208 valence electrons. The van der Waals surface area contributed by atoms with Crippen molar-refractivity contribution in [2.45, 2.75) is 0 Å². The number of hydrogen-bond donors (Lipinski definition) is 0. The van der Waals surface area contributed by atoms with Crippen molar-refractivity contribution >= 4 is 37.7 Å². The van der Waals surface area contributed by atoms with Gasteiger partial charge in [0.25, 0.3) is 0 Å². The van der Waals surface area contributed by atoms with E-state index in [9.17, 15) is 0 Å². The molecule has 0 bridgehead atoms. The Morgan fingerprint density at radius 1 is 0.432 bits per heavy atom. The highest BCUT2D eigenvalue weighted by Gasteiger charge is 2.18. The minimum atomic E-state index is -0.539. The molecular weight excluding hydrogens is 598 g/mol. The minimum absolute atomic E-state index is 0.0600. The molecule has 7 aromatic carbocycles. The fourth-order valence-electron chi connectivity index (χ4n) is 5.88. The second-order valence-electron chi connectivity index (χ2n) is 10.4. The van der Waals surface area contributed by atoms with Crippen molar-refractivity contribution in [3.63, 3.8) is 0 Å². The number of fused-ring (bicyclic) bond motifs is 3. The molecule has 1 heterocycles. The molecule has 0 saturated heterocycles. The summed E-state index contributed by atoms with van der Waals surface area (Å²) in [5.74, 6) is 0. The van der Waals surface area contributed by atoms with Crippen molar-refractivity contribution in [3.05, 3.63) is 174 Å². The predicted molar refractivity (Wildman–Crippen MR) is 190 cm³/mol. The van der Waals surface area contributed by atoms with Crippen LogP contribution in [0.25, 0.3) is 72.0 Å². The highest BCUT2D eigenvalue weighted by molar-refractivity contribution is 9.10. The molecule has 8 rings (SSSR count). The van der Waals surface area contributed by atoms with Crippen molar-refractivity contribution in [2.75, 3.05) is 0 Å². The highest BCUT2D eigenvalue weighted by atomic mass is 79.9. The van der Waals surface area contributed by atoms with Gasteiger partial charge < -0.3 is 4.57 Å². The lowest BCUT2D eigenvalue weighted by atomic mass is 9.94. The van der Waals surface area contributed by atoms with Crippen LogP contribution in [0.2, 0.25) is 0 Å². The van der Waals surface area contributed by atoms with Crippen LogP contribution >= 0.6 is 15.9 Å². The zero-order valence-corrected chi connectivity index (χ0v) is 24.8. The van der Waals surface area contributed by atoms with E-state index < -0.39 is 60.4 Å². The average Bonchev–Trinajstić information content (AvgIpc) is 3.52. The van der Waals surface area contributed by atoms with Gasteiger partial charge in [-0.3, -0.25) is 0 Å². The number of halogens is 1. The Labute approximate surface area is 279 Å². The molecule has 1 nitrogen and oxygen atoms in total. The minimum Gasteiger partial charge on any atom is -0.309 e. The lowest BCUT2D eigenvalue weighted by molar-refractivity contribution is 1.18. The smallest absolute Gasteiger partial charge is 0.0629 e. The lowest BCUT2D eigenvalue weighted by Gasteiger charge is -2.17. The molecule has 0 unspecified atom stereocenters. The molecule has 0 atom stereocenters. The van der Waals surface area contributed by atoms with Crippen molar-refractivity contribution in [1.29, 1.82) is 0 Å². The van der Waals surface area contributed by atoms with E-state index in [2.05, 4.69) is 58.4 Å². The van der Waals surface area contributed by atoms with E-state index in [1.807, 2.05) is 53.1 Å². The van der Waals surface area contributed by atoms with Gasteiger partial charge in [0.2, 0.25) is 0 Å². The number of nitrogens with zero attached hydrogens (tertiary/aromatic N) is 1. The lowest BCUT2D eigenvalue weighted by Crippen LogP contribution is -1.98. The van der Waals surface area contributed by atoms with Crippen LogP contribution in [0.5, 0.6) is 0 Å². The molecule has 0 N–H and O–H groups in total. The number of para-hydroxylation sites is 1. The Kier molecular flexibility index (Phi) is 4.51. The first-order valence-electron chi connectivity index (χ1n) is 19.1. The van der Waals surface area contributed by atoms with Crippen LogP contribution in [0, 0.1) is 0 Å². The van der Waals surface area contributed by atoms with Crippen molar-refractivity contribution in [1.82, 2.24) is 4.57 Å². The Bertz CT molecular complexity index is 2790. The van der Waals surface area contributed by atoms with E-state index in [0.29, 0.717) is 5.69 Å². The topological polar surface area (TPSA) is 4.93 Å². The predicted octanol–water partition coefficient (Wildman–Crippen LogP) is 12.2. The summed E-state index contributed by atoms with van der Waals surface area (Å²) < 4.78 is 88.5. The maximum absolute atomic E-state index is 9.00. The summed E-state index contributed by atoms with van der Waals surface area (Å²) in [7, 11) is 0. The molecule has 0 amide bonds. The average molecular weight is 637 g/mol. The van der Waals surface area contributed by atoms with Gasteiger partial charge in [0.05, 0.1) is 30.4 Å². The van der Waals surface area contributed by atoms with Crippen LogP contribution in [-0.2, 0) is 0 Å². The normalized spacial score (nSPS) is 14.5. The molecule has 2 heteroatoms. The zero-order chi connectivity index (χ0) is 38.2. The van der Waals surface area contributed by atoms with Gasteiger partial charge in [0.1, 0.15) is 0 Å². The number of hydrogen-bond acceptors (Lipinski definition) is 0. The SMILES string of the molecule is [2H]c1c([2H])c([2H])c(-c2ccc(-n3c4ccccc4c4ccc(-c5ccccc5-c5ccc(Br)cc5)cc43)c(-c3c([2H])c([2H])c([2H])c([2H])c3[2H])c2)c([2H])c1[2H]. The summed E-state index contributed by atoms with van der Waals surface area (Å²) in [6, 6.07) is 30.5. The van der Waals surface area contributed by atoms with Crippen LogP contribution in [0.15, 0.2) is 174 Å². The van der Waals surface area contributed by atoms with Crippen molar-refractivity contribution in [3.8, 4) is 50.2 Å². The van der Waals surface area contributed by atoms with Gasteiger partial charge in [-0.05, 0) is 75.3 Å². The van der Waals surface area contributed by atoms with Crippen LogP contribution in [-0.4, -0.2) is 4.57 Å². The maximum Gasteiger partial charge on any atom is 0.0629 e. The number of benzene rings is 7. The van der Waals surface area contributed by atoms with Gasteiger partial charge in [-0.15, -0.1) is 0 Å². The van der Waals surface area contributed by atoms with Crippen molar-refractivity contribution < 1.29 is 13.7 Å². The molecule has 0 radical (unpaired) electrons. The fraction of sp³-hybridized carbons (Fsp3) is 0. The molecule has 0 spiro atoms. The molecule has 0 aliphatic rings. The first-order valence-corrected chi connectivity index (χ1v) is 14.9. The van der Waals surface area contributed by atoms with E-state index in [1.54, 1.807) is 18.2 Å². The third kappa shape index (κ3) is 4.65. The molecule has 0 saturated carbocycles. The zero-order valence-electron chi connectivity index (χ0n) is 33.2. The molecular formula is C42H28BrN. The first kappa shape index (κ1) is 17.8. The van der Waals surface area contributed by atoms with Crippen LogP contribution in [0.4, 0.5) is 0 Å². The van der Waals surface area contributed by atoms with Gasteiger partial charge in [-0.2, -0.15) is 0 Å². The van der Waals surface area contributed by atoms with Crippen LogP contribution in [0.3, 0.4) is 0 Å². The van der Waals surface area contributed by atoms with E-state index in [0.717, 1.165) is 48.5 Å². The van der Waals surface area contributed by atoms with Gasteiger partial charge in [0, 0.05) is 20.8 Å². The van der Waals surface area contributed by atoms with E-state index in [-0.39, 0.29) is 22.3 Å². The summed E-state index contributed by atoms with van der Waals surface area (Å²) in [5, 5.41) is 1.86. The summed E-state index contributed by atoms with van der Waals surface area (Å²) in [4.78, 5) is 0. The summed E-state index contributed by atoms with van der Waals surface area (Å²) in [6.45, 7) is 0. The van der Waals surface area contributed by atoms with E-state index >= 15 is 0 Å². The largest absolute Gasteiger partial charge is 0.309 e. The fourth-order valence-corrected chi connectivity index (χ4v) is 6.14. The highest BCUT2D eigenvalue weighted by Crippen LogP contribution is 2.41. The first-order chi connectivity index (χ1) is 25.9. The Hall–Kier alpha value is -5.18. The Balaban J connectivity index is 1.47. The Morgan fingerprint density at radius 3 is 1.77 bits per heavy atom. The van der Waals surface area contributed by atoms with Crippen LogP contribution < -0.4 is 0 Å². The summed E-state index contributed by atoms with van der Waals surface area (Å²) >= 11 is 3.53. The number of rotatable bonds is 5. The molecule has 44 heavy (non-hydrogen) atoms. The maximum atomic E-state index is 9.00. The molecule has 0 fully saturated rings. The quantitative estimate of drug-likeness (QED) is 0.177. The molecule has 8 aromatic rings. The van der Waals surface area contributed by atoms with E-state index in [1.165, 1.54) is 0 Å². The molecule has 1 aromatic heterocycles. The monoisotopic (exact) mass is 635 g/mol. The number of aromatic nitrogens is 1. The summed E-state index contributed by atoms with van der Waals surface area (Å²) in [6.07, 6.45) is 0. The molecule has 0 aliphatic carbocycles. The second kappa shape index (κ2) is 11.1. The molecule has 0 aliphatic heterocycles. The van der Waals surface area contributed by atoms with E-state index in [4.69, 9.17) is 13.7 Å². The van der Waals surface area contributed by atoms with Gasteiger partial charge in [-0.25, -0.2) is 0 Å². The van der Waals surface area contributed by atoms with Crippen LogP contribution in [0.1, 0.15) is 13.7 Å². The second-order valence-corrected chi connectivity index (χ2v) is 11.3. The third-order valence-corrected chi connectivity index (χ3v) is 8.39. The third-order valence-electron chi connectivity index (χ3n) is 7.86. The standard InChI is InChI=1S/C42H28BrN/c43-34-23-19-31(20-24-34)35-15-7-8-16-36(35)33-21-25-38-37-17-9-10-18-40(37)44(42(38)28-33)41-26-22-32(29-11-3-1-4-12-29)27-39(41)30-13-5-2-6-14-30/h1-28H/i1D,2D,3D,4D,5D,6D,11D,12D,13D,14D. The van der Waals surface area contributed by atoms with Gasteiger partial charge >= 0.3 is 0 Å². The van der Waals surface area contributed by atoms with Gasteiger partial charge in [-0.1, -0.05) is 149 Å².